The van der Waals surface area contributed by atoms with E-state index in [-0.39, 0.29) is 11.9 Å². The number of nitrogens with one attached hydrogen (secondary N) is 1. The fraction of sp³-hybridized carbons (Fsp3) is 0.619. The second kappa shape index (κ2) is 11.4. The number of likely N-dealkylation sites (tertiary alicyclic amines) is 1. The van der Waals surface area contributed by atoms with E-state index < -0.39 is 0 Å². The minimum Gasteiger partial charge on any atom is -0.497 e. The molecule has 2 rings (SSSR count). The number of guanidine groups is 1. The van der Waals surface area contributed by atoms with Crippen LogP contribution in [0.1, 0.15) is 32.3 Å². The minimum absolute atomic E-state index is 0.0870. The van der Waals surface area contributed by atoms with E-state index in [9.17, 15) is 4.79 Å². The van der Waals surface area contributed by atoms with Crippen molar-refractivity contribution >= 4 is 11.9 Å². The van der Waals surface area contributed by atoms with Gasteiger partial charge >= 0.3 is 5.97 Å². The quantitative estimate of drug-likeness (QED) is 0.417. The third kappa shape index (κ3) is 6.04. The Bertz CT molecular complexity index is 663. The highest BCUT2D eigenvalue weighted by molar-refractivity contribution is 5.81. The van der Waals surface area contributed by atoms with Gasteiger partial charge in [0, 0.05) is 26.2 Å². The molecule has 28 heavy (non-hydrogen) atoms. The molecule has 0 amide bonds. The van der Waals surface area contributed by atoms with Crippen LogP contribution in [0.25, 0.3) is 0 Å². The second-order valence-corrected chi connectivity index (χ2v) is 6.70. The van der Waals surface area contributed by atoms with Crippen molar-refractivity contribution in [1.82, 2.24) is 10.2 Å². The average Bonchev–Trinajstić information content (AvgIpc) is 2.73. The number of benzene rings is 1. The van der Waals surface area contributed by atoms with Gasteiger partial charge in [-0.2, -0.15) is 0 Å². The molecule has 1 atom stereocenters. The van der Waals surface area contributed by atoms with Crippen LogP contribution < -0.4 is 14.8 Å². The van der Waals surface area contributed by atoms with Gasteiger partial charge in [-0.1, -0.05) is 0 Å². The van der Waals surface area contributed by atoms with Crippen molar-refractivity contribution in [3.05, 3.63) is 23.8 Å². The van der Waals surface area contributed by atoms with Gasteiger partial charge in [-0.05, 0) is 56.9 Å². The van der Waals surface area contributed by atoms with E-state index in [1.807, 2.05) is 32.0 Å². The summed E-state index contributed by atoms with van der Waals surface area (Å²) in [7, 11) is 3.32. The molecule has 156 valence electrons. The third-order valence-electron chi connectivity index (χ3n) is 4.81. The molecular weight excluding hydrogens is 358 g/mol. The summed E-state index contributed by atoms with van der Waals surface area (Å²) in [4.78, 5) is 19.1. The topological polar surface area (TPSA) is 72.4 Å². The van der Waals surface area contributed by atoms with Gasteiger partial charge in [0.25, 0.3) is 0 Å². The zero-order valence-electron chi connectivity index (χ0n) is 17.5. The van der Waals surface area contributed by atoms with Crippen molar-refractivity contribution in [2.75, 3.05) is 47.0 Å². The Labute approximate surface area is 168 Å². The summed E-state index contributed by atoms with van der Waals surface area (Å²) in [5.41, 5.74) is 1.06. The zero-order valence-corrected chi connectivity index (χ0v) is 17.5. The molecule has 1 saturated heterocycles. The predicted octanol–water partition coefficient (Wildman–Crippen LogP) is 2.49. The van der Waals surface area contributed by atoms with Crippen molar-refractivity contribution in [2.24, 2.45) is 10.9 Å². The molecule has 0 aliphatic carbocycles. The highest BCUT2D eigenvalue weighted by Crippen LogP contribution is 2.24. The molecule has 0 radical (unpaired) electrons. The highest BCUT2D eigenvalue weighted by atomic mass is 16.5. The lowest BCUT2D eigenvalue weighted by molar-refractivity contribution is -0.149. The Morgan fingerprint density at radius 1 is 1.29 bits per heavy atom. The molecular formula is C21H33N3O4. The lowest BCUT2D eigenvalue weighted by Crippen LogP contribution is -2.48. The Kier molecular flexibility index (Phi) is 8.91. The summed E-state index contributed by atoms with van der Waals surface area (Å²) in [6.07, 6.45) is 2.57. The average molecular weight is 392 g/mol. The van der Waals surface area contributed by atoms with Crippen LogP contribution in [0.2, 0.25) is 0 Å². The van der Waals surface area contributed by atoms with Crippen LogP contribution in [-0.2, 0) is 16.0 Å². The van der Waals surface area contributed by atoms with E-state index >= 15 is 0 Å². The highest BCUT2D eigenvalue weighted by Gasteiger charge is 2.28. The molecule has 7 heteroatoms. The second-order valence-electron chi connectivity index (χ2n) is 6.70. The molecule has 1 aromatic carbocycles. The van der Waals surface area contributed by atoms with Crippen molar-refractivity contribution in [3.8, 4) is 11.5 Å². The number of methoxy groups -OCH3 is 2. The first-order chi connectivity index (χ1) is 13.6. The van der Waals surface area contributed by atoms with E-state index in [0.29, 0.717) is 19.7 Å². The number of rotatable bonds is 8. The van der Waals surface area contributed by atoms with Crippen molar-refractivity contribution in [2.45, 2.75) is 33.1 Å². The fourth-order valence-electron chi connectivity index (χ4n) is 3.41. The van der Waals surface area contributed by atoms with Crippen LogP contribution in [0, 0.1) is 5.92 Å². The van der Waals surface area contributed by atoms with Gasteiger partial charge in [-0.3, -0.25) is 9.79 Å². The molecule has 0 spiro atoms. The number of esters is 1. The van der Waals surface area contributed by atoms with Gasteiger partial charge in [0.15, 0.2) is 5.96 Å². The number of piperidine rings is 1. The molecule has 0 aromatic heterocycles. The van der Waals surface area contributed by atoms with Crippen LogP contribution in [0.3, 0.4) is 0 Å². The summed E-state index contributed by atoms with van der Waals surface area (Å²) in [5.74, 6) is 2.29. The fourth-order valence-corrected chi connectivity index (χ4v) is 3.41. The first-order valence-corrected chi connectivity index (χ1v) is 10.0. The Hall–Kier alpha value is -2.44. The number of aliphatic imine (C=N–C) groups is 1. The lowest BCUT2D eigenvalue weighted by atomic mass is 9.98. The monoisotopic (exact) mass is 391 g/mol. The number of hydrogen-bond donors (Lipinski definition) is 1. The van der Waals surface area contributed by atoms with E-state index in [2.05, 4.69) is 10.2 Å². The van der Waals surface area contributed by atoms with Gasteiger partial charge in [0.05, 0.1) is 26.7 Å². The largest absolute Gasteiger partial charge is 0.497 e. The molecule has 1 aliphatic heterocycles. The number of ether oxygens (including phenoxy) is 3. The van der Waals surface area contributed by atoms with Gasteiger partial charge in [-0.15, -0.1) is 0 Å². The molecule has 1 fully saturated rings. The van der Waals surface area contributed by atoms with E-state index in [1.165, 1.54) is 0 Å². The molecule has 1 heterocycles. The number of nitrogens with zero attached hydrogens (tertiary/aromatic N) is 2. The number of hydrogen-bond acceptors (Lipinski definition) is 5. The van der Waals surface area contributed by atoms with E-state index in [4.69, 9.17) is 19.2 Å². The Morgan fingerprint density at radius 2 is 2.11 bits per heavy atom. The summed E-state index contributed by atoms with van der Waals surface area (Å²) in [5, 5.41) is 3.35. The molecule has 0 saturated carbocycles. The summed E-state index contributed by atoms with van der Waals surface area (Å²) < 4.78 is 16.0. The molecule has 1 aliphatic rings. The van der Waals surface area contributed by atoms with E-state index in [1.54, 1.807) is 14.2 Å². The molecule has 1 N–H and O–H groups in total. The summed E-state index contributed by atoms with van der Waals surface area (Å²) >= 11 is 0. The van der Waals surface area contributed by atoms with Crippen LogP contribution in [-0.4, -0.2) is 63.8 Å². The van der Waals surface area contributed by atoms with Crippen molar-refractivity contribution in [3.63, 3.8) is 0 Å². The maximum Gasteiger partial charge on any atom is 0.310 e. The molecule has 1 aromatic rings. The molecule has 1 unspecified atom stereocenters. The van der Waals surface area contributed by atoms with E-state index in [0.717, 1.165) is 55.4 Å². The standard InChI is InChI=1S/C21H33N3O4/c1-5-22-21(24-13-7-8-17(15-24)20(25)28-6-2)23-12-11-16-14-18(26-3)9-10-19(16)27-4/h9-10,14,17H,5-8,11-13,15H2,1-4H3,(H,22,23). The number of carbonyl (C=O) groups is 1. The first-order valence-electron chi connectivity index (χ1n) is 10.0. The van der Waals surface area contributed by atoms with Gasteiger partial charge in [0.2, 0.25) is 0 Å². The van der Waals surface area contributed by atoms with Crippen LogP contribution in [0.15, 0.2) is 23.2 Å². The van der Waals surface area contributed by atoms with Crippen LogP contribution >= 0.6 is 0 Å². The van der Waals surface area contributed by atoms with Gasteiger partial charge in [0.1, 0.15) is 11.5 Å². The minimum atomic E-state index is -0.107. The third-order valence-corrected chi connectivity index (χ3v) is 4.81. The van der Waals surface area contributed by atoms with Gasteiger partial charge < -0.3 is 24.4 Å². The maximum atomic E-state index is 12.1. The van der Waals surface area contributed by atoms with Crippen LogP contribution in [0.4, 0.5) is 0 Å². The summed E-state index contributed by atoms with van der Waals surface area (Å²) in [6, 6.07) is 5.79. The Balaban J connectivity index is 2.05. The molecule has 0 bridgehead atoms. The van der Waals surface area contributed by atoms with Crippen molar-refractivity contribution in [1.29, 1.82) is 0 Å². The lowest BCUT2D eigenvalue weighted by Gasteiger charge is -2.34. The Morgan fingerprint density at radius 3 is 2.79 bits per heavy atom. The normalized spacial score (nSPS) is 17.2. The molecule has 7 nitrogen and oxygen atoms in total. The van der Waals surface area contributed by atoms with Crippen LogP contribution in [0.5, 0.6) is 11.5 Å². The predicted molar refractivity (Wildman–Crippen MR) is 110 cm³/mol. The van der Waals surface area contributed by atoms with Crippen molar-refractivity contribution < 1.29 is 19.0 Å². The van der Waals surface area contributed by atoms with Gasteiger partial charge in [-0.25, -0.2) is 0 Å². The SMILES string of the molecule is CCNC(=NCCc1cc(OC)ccc1OC)N1CCCC(C(=O)OCC)C1. The smallest absolute Gasteiger partial charge is 0.310 e. The maximum absolute atomic E-state index is 12.1. The number of carbonyl (C=O) groups excluding carboxylic acids is 1. The first kappa shape index (κ1) is 21.9. The summed E-state index contributed by atoms with van der Waals surface area (Å²) in [6.45, 7) is 7.25. The zero-order chi connectivity index (χ0) is 20.4.